The molecule has 0 saturated heterocycles. The summed E-state index contributed by atoms with van der Waals surface area (Å²) in [7, 11) is -2.91. The van der Waals surface area contributed by atoms with Crippen molar-refractivity contribution >= 4 is 9.84 Å². The maximum atomic E-state index is 12.0. The number of nitrogens with zero attached hydrogens (tertiary/aromatic N) is 1. The maximum absolute atomic E-state index is 12.0. The molecule has 0 aromatic carbocycles. The van der Waals surface area contributed by atoms with Gasteiger partial charge in [-0.1, -0.05) is 39.5 Å². The summed E-state index contributed by atoms with van der Waals surface area (Å²) in [5.74, 6) is 0.588. The zero-order chi connectivity index (χ0) is 15.8. The van der Waals surface area contributed by atoms with Gasteiger partial charge < -0.3 is 5.73 Å². The largest absolute Gasteiger partial charge is 0.329 e. The summed E-state index contributed by atoms with van der Waals surface area (Å²) >= 11 is 0. The molecule has 0 aromatic heterocycles. The average Bonchev–Trinajstić information content (AvgIpc) is 2.69. The smallest absolute Gasteiger partial charge is 0.151 e. The lowest BCUT2D eigenvalue weighted by Crippen LogP contribution is -2.55. The van der Waals surface area contributed by atoms with Gasteiger partial charge in [0.05, 0.1) is 5.75 Å². The Kier molecular flexibility index (Phi) is 8.21. The normalized spacial score (nSPS) is 19.6. The van der Waals surface area contributed by atoms with E-state index in [-0.39, 0.29) is 11.3 Å². The molecule has 0 heterocycles. The van der Waals surface area contributed by atoms with Gasteiger partial charge in [-0.15, -0.1) is 0 Å². The highest BCUT2D eigenvalue weighted by Gasteiger charge is 2.35. The first-order chi connectivity index (χ1) is 9.99. The molecule has 0 amide bonds. The Balaban J connectivity index is 2.77. The first kappa shape index (κ1) is 18.9. The minimum absolute atomic E-state index is 0.0360. The molecule has 0 aliphatic heterocycles. The number of sulfone groups is 1. The Bertz CT molecular complexity index is 374. The van der Waals surface area contributed by atoms with Crippen LogP contribution >= 0.6 is 0 Å². The highest BCUT2D eigenvalue weighted by Crippen LogP contribution is 2.32. The quantitative estimate of drug-likeness (QED) is 0.664. The molecular formula is C16H34N2O2S. The molecule has 0 atom stereocenters. The molecule has 21 heavy (non-hydrogen) atoms. The first-order valence-electron chi connectivity index (χ1n) is 8.65. The van der Waals surface area contributed by atoms with Crippen molar-refractivity contribution in [3.8, 4) is 0 Å². The van der Waals surface area contributed by atoms with Crippen LogP contribution in [0.3, 0.4) is 0 Å². The lowest BCUT2D eigenvalue weighted by Gasteiger charge is -2.43. The third-order valence-electron chi connectivity index (χ3n) is 4.77. The number of hydrogen-bond acceptors (Lipinski definition) is 4. The predicted octanol–water partition coefficient (Wildman–Crippen LogP) is 2.57. The molecule has 4 nitrogen and oxygen atoms in total. The zero-order valence-electron chi connectivity index (χ0n) is 13.9. The molecule has 0 radical (unpaired) electrons. The third kappa shape index (κ3) is 5.87. The maximum Gasteiger partial charge on any atom is 0.151 e. The van der Waals surface area contributed by atoms with Crippen LogP contribution in [0.1, 0.15) is 65.2 Å². The van der Waals surface area contributed by atoms with E-state index in [1.54, 1.807) is 0 Å². The Labute approximate surface area is 131 Å². The predicted molar refractivity (Wildman–Crippen MR) is 90.3 cm³/mol. The Morgan fingerprint density at radius 1 is 0.952 bits per heavy atom. The van der Waals surface area contributed by atoms with E-state index in [1.807, 2.05) is 6.92 Å². The molecule has 1 saturated carbocycles. The molecular weight excluding hydrogens is 284 g/mol. The van der Waals surface area contributed by atoms with Crippen LogP contribution in [-0.4, -0.2) is 50.0 Å². The molecule has 0 unspecified atom stereocenters. The van der Waals surface area contributed by atoms with E-state index in [0.717, 1.165) is 25.8 Å². The third-order valence-corrected chi connectivity index (χ3v) is 6.60. The second kappa shape index (κ2) is 9.11. The number of nitrogens with two attached hydrogens (primary N) is 1. The summed E-state index contributed by atoms with van der Waals surface area (Å²) in [4.78, 5) is 2.39. The lowest BCUT2D eigenvalue weighted by atomic mass is 9.88. The lowest BCUT2D eigenvalue weighted by molar-refractivity contribution is 0.0843. The van der Waals surface area contributed by atoms with Crippen molar-refractivity contribution in [2.45, 2.75) is 70.8 Å². The molecule has 1 aliphatic rings. The van der Waals surface area contributed by atoms with Gasteiger partial charge in [-0.3, -0.25) is 4.90 Å². The Morgan fingerprint density at radius 3 is 2.05 bits per heavy atom. The van der Waals surface area contributed by atoms with Gasteiger partial charge in [0.2, 0.25) is 0 Å². The van der Waals surface area contributed by atoms with Crippen LogP contribution in [0.2, 0.25) is 0 Å². The molecule has 5 heteroatoms. The topological polar surface area (TPSA) is 63.4 Å². The van der Waals surface area contributed by atoms with E-state index in [0.29, 0.717) is 25.3 Å². The van der Waals surface area contributed by atoms with Crippen LogP contribution in [-0.2, 0) is 9.84 Å². The second-order valence-corrected chi connectivity index (χ2v) is 8.79. The molecule has 126 valence electrons. The van der Waals surface area contributed by atoms with Gasteiger partial charge in [0.15, 0.2) is 9.84 Å². The van der Waals surface area contributed by atoms with Crippen molar-refractivity contribution in [3.63, 3.8) is 0 Å². The molecule has 0 aromatic rings. The van der Waals surface area contributed by atoms with Gasteiger partial charge in [0, 0.05) is 24.4 Å². The Hall–Kier alpha value is -0.130. The van der Waals surface area contributed by atoms with E-state index >= 15 is 0 Å². The molecule has 1 aliphatic carbocycles. The number of hydrogen-bond donors (Lipinski definition) is 1. The minimum Gasteiger partial charge on any atom is -0.329 e. The van der Waals surface area contributed by atoms with Crippen LogP contribution in [0.4, 0.5) is 0 Å². The monoisotopic (exact) mass is 318 g/mol. The van der Waals surface area contributed by atoms with Gasteiger partial charge in [-0.05, 0) is 32.2 Å². The first-order valence-corrected chi connectivity index (χ1v) is 10.5. The van der Waals surface area contributed by atoms with Crippen LogP contribution in [0.25, 0.3) is 0 Å². The average molecular weight is 319 g/mol. The fourth-order valence-electron chi connectivity index (χ4n) is 3.55. The summed E-state index contributed by atoms with van der Waals surface area (Å²) in [6.45, 7) is 6.34. The van der Waals surface area contributed by atoms with Crippen molar-refractivity contribution in [3.05, 3.63) is 0 Å². The summed E-state index contributed by atoms with van der Waals surface area (Å²) in [6.07, 6.45) is 9.02. The van der Waals surface area contributed by atoms with Crippen molar-refractivity contribution in [2.75, 3.05) is 31.1 Å². The van der Waals surface area contributed by atoms with Gasteiger partial charge >= 0.3 is 0 Å². The standard InChI is InChI=1S/C16H34N2O2S/c1-3-11-18(12-14-21(19,20)13-4-2)16(15-17)9-7-5-6-8-10-16/h3-15,17H2,1-2H3. The van der Waals surface area contributed by atoms with Crippen LogP contribution in [0.5, 0.6) is 0 Å². The fraction of sp³-hybridized carbons (Fsp3) is 1.00. The van der Waals surface area contributed by atoms with Gasteiger partial charge in [0.1, 0.15) is 0 Å². The van der Waals surface area contributed by atoms with Crippen molar-refractivity contribution in [1.82, 2.24) is 4.90 Å². The van der Waals surface area contributed by atoms with Crippen LogP contribution in [0.15, 0.2) is 0 Å². The molecule has 2 N–H and O–H groups in total. The molecule has 1 fully saturated rings. The van der Waals surface area contributed by atoms with Crippen LogP contribution in [0, 0.1) is 0 Å². The van der Waals surface area contributed by atoms with Gasteiger partial charge in [-0.25, -0.2) is 8.42 Å². The van der Waals surface area contributed by atoms with Crippen LogP contribution < -0.4 is 5.73 Å². The zero-order valence-corrected chi connectivity index (χ0v) is 14.8. The fourth-order valence-corrected chi connectivity index (χ4v) is 4.88. The van der Waals surface area contributed by atoms with E-state index in [1.165, 1.54) is 25.7 Å². The summed E-state index contributed by atoms with van der Waals surface area (Å²) in [6, 6.07) is 0. The summed E-state index contributed by atoms with van der Waals surface area (Å²) in [5, 5.41) is 0. The van der Waals surface area contributed by atoms with Gasteiger partial charge in [-0.2, -0.15) is 0 Å². The van der Waals surface area contributed by atoms with E-state index in [2.05, 4.69) is 11.8 Å². The van der Waals surface area contributed by atoms with Crippen molar-refractivity contribution in [2.24, 2.45) is 5.73 Å². The van der Waals surface area contributed by atoms with Crippen molar-refractivity contribution < 1.29 is 8.42 Å². The Morgan fingerprint density at radius 2 is 1.57 bits per heavy atom. The second-order valence-electron chi connectivity index (χ2n) is 6.48. The molecule has 0 bridgehead atoms. The number of rotatable bonds is 9. The highest BCUT2D eigenvalue weighted by molar-refractivity contribution is 7.91. The minimum atomic E-state index is -2.91. The van der Waals surface area contributed by atoms with E-state index in [9.17, 15) is 8.42 Å². The summed E-state index contributed by atoms with van der Waals surface area (Å²) < 4.78 is 24.0. The van der Waals surface area contributed by atoms with E-state index in [4.69, 9.17) is 5.73 Å². The highest BCUT2D eigenvalue weighted by atomic mass is 32.2. The molecule has 1 rings (SSSR count). The van der Waals surface area contributed by atoms with Crippen molar-refractivity contribution in [1.29, 1.82) is 0 Å². The molecule has 0 spiro atoms. The SMILES string of the molecule is CCCN(CCS(=O)(=O)CCC)C1(CN)CCCCCC1. The van der Waals surface area contributed by atoms with Gasteiger partial charge in [0.25, 0.3) is 0 Å². The van der Waals surface area contributed by atoms with E-state index < -0.39 is 9.84 Å². The summed E-state index contributed by atoms with van der Waals surface area (Å²) in [5.41, 5.74) is 6.18.